The number of pyridine rings is 1. The minimum Gasteiger partial charge on any atom is -0.350 e. The molecule has 0 bridgehead atoms. The van der Waals surface area contributed by atoms with E-state index in [9.17, 15) is 9.59 Å². The smallest absolute Gasteiger partial charge is 0.320 e. The predicted molar refractivity (Wildman–Crippen MR) is 94.9 cm³/mol. The maximum Gasteiger partial charge on any atom is 0.320 e. The van der Waals surface area contributed by atoms with Crippen LogP contribution in [0.15, 0.2) is 48.8 Å². The number of urea groups is 1. The first kappa shape index (κ1) is 17.2. The number of nitrogens with zero attached hydrogens (tertiary/aromatic N) is 3. The minimum atomic E-state index is -0.179. The van der Waals surface area contributed by atoms with Gasteiger partial charge in [0.25, 0.3) is 0 Å². The Labute approximate surface area is 151 Å². The Balaban J connectivity index is 1.49. The molecule has 2 aromatic rings. The summed E-state index contributed by atoms with van der Waals surface area (Å²) in [7, 11) is 0. The normalized spacial score (nSPS) is 14.0. The van der Waals surface area contributed by atoms with Crippen molar-refractivity contribution >= 4 is 23.5 Å². The second-order valence-corrected chi connectivity index (χ2v) is 6.33. The summed E-state index contributed by atoms with van der Waals surface area (Å²) >= 11 is 5.98. The van der Waals surface area contributed by atoms with E-state index in [2.05, 4.69) is 10.3 Å². The van der Waals surface area contributed by atoms with Crippen LogP contribution >= 0.6 is 11.6 Å². The van der Waals surface area contributed by atoms with Gasteiger partial charge in [0.15, 0.2) is 0 Å². The van der Waals surface area contributed by atoms with Crippen LogP contribution in [0.2, 0.25) is 5.02 Å². The number of carbonyl (C=O) groups is 2. The Bertz CT molecular complexity index is 754. The first-order chi connectivity index (χ1) is 12.1. The molecular weight excluding hydrogens is 340 g/mol. The summed E-state index contributed by atoms with van der Waals surface area (Å²) in [4.78, 5) is 31.8. The molecule has 1 aliphatic rings. The average Bonchev–Trinajstić information content (AvgIpc) is 2.94. The summed E-state index contributed by atoms with van der Waals surface area (Å²) in [6.45, 7) is 2.10. The van der Waals surface area contributed by atoms with Crippen molar-refractivity contribution in [3.05, 3.63) is 64.9 Å². The maximum atomic E-state index is 12.4. The fourth-order valence-corrected chi connectivity index (χ4v) is 2.93. The summed E-state index contributed by atoms with van der Waals surface area (Å²) in [5.41, 5.74) is 1.90. The molecule has 1 N–H and O–H groups in total. The minimum absolute atomic E-state index is 0.0607. The molecule has 1 aromatic carbocycles. The van der Waals surface area contributed by atoms with Gasteiger partial charge in [0.2, 0.25) is 5.91 Å². The van der Waals surface area contributed by atoms with Gasteiger partial charge in [-0.05, 0) is 29.3 Å². The molecular formula is C18H19ClN4O2. The lowest BCUT2D eigenvalue weighted by molar-refractivity contribution is -0.121. The van der Waals surface area contributed by atoms with Gasteiger partial charge >= 0.3 is 6.03 Å². The highest BCUT2D eigenvalue weighted by atomic mass is 35.5. The molecule has 25 heavy (non-hydrogen) atoms. The van der Waals surface area contributed by atoms with Crippen molar-refractivity contribution in [1.29, 1.82) is 0 Å². The van der Waals surface area contributed by atoms with Gasteiger partial charge in [-0.2, -0.15) is 0 Å². The highest BCUT2D eigenvalue weighted by Crippen LogP contribution is 2.16. The van der Waals surface area contributed by atoms with Gasteiger partial charge in [-0.25, -0.2) is 4.79 Å². The summed E-state index contributed by atoms with van der Waals surface area (Å²) in [6.07, 6.45) is 3.39. The van der Waals surface area contributed by atoms with Crippen LogP contribution in [0.3, 0.4) is 0 Å². The van der Waals surface area contributed by atoms with E-state index in [1.54, 1.807) is 28.3 Å². The third kappa shape index (κ3) is 4.70. The lowest BCUT2D eigenvalue weighted by Gasteiger charge is -2.18. The van der Waals surface area contributed by atoms with Gasteiger partial charge in [-0.15, -0.1) is 0 Å². The number of carbonyl (C=O) groups excluding carboxylic acids is 2. The number of amides is 3. The molecule has 1 aromatic heterocycles. The van der Waals surface area contributed by atoms with Crippen LogP contribution in [0.5, 0.6) is 0 Å². The van der Waals surface area contributed by atoms with Crippen LogP contribution < -0.4 is 5.32 Å². The number of aromatic nitrogens is 1. The molecule has 130 valence electrons. The van der Waals surface area contributed by atoms with Crippen LogP contribution in [0, 0.1) is 0 Å². The van der Waals surface area contributed by atoms with Crippen LogP contribution in [0.1, 0.15) is 11.1 Å². The van der Waals surface area contributed by atoms with E-state index in [1.165, 1.54) is 0 Å². The molecule has 0 spiro atoms. The van der Waals surface area contributed by atoms with E-state index in [1.807, 2.05) is 30.3 Å². The van der Waals surface area contributed by atoms with E-state index in [4.69, 9.17) is 11.6 Å². The Kier molecular flexibility index (Phi) is 5.50. The molecule has 6 nitrogen and oxygen atoms in total. The van der Waals surface area contributed by atoms with Gasteiger partial charge in [0.05, 0.1) is 0 Å². The van der Waals surface area contributed by atoms with Crippen molar-refractivity contribution in [1.82, 2.24) is 20.1 Å². The Morgan fingerprint density at radius 2 is 1.96 bits per heavy atom. The number of hydrogen-bond donors (Lipinski definition) is 1. The maximum absolute atomic E-state index is 12.4. The fourth-order valence-electron chi connectivity index (χ4n) is 2.71. The zero-order chi connectivity index (χ0) is 17.6. The highest BCUT2D eigenvalue weighted by molar-refractivity contribution is 6.30. The zero-order valence-corrected chi connectivity index (χ0v) is 14.4. The first-order valence-electron chi connectivity index (χ1n) is 8.06. The molecule has 3 rings (SSSR count). The number of nitrogens with one attached hydrogen (secondary N) is 1. The van der Waals surface area contributed by atoms with Crippen LogP contribution in [-0.4, -0.2) is 46.4 Å². The molecule has 1 fully saturated rings. The second kappa shape index (κ2) is 7.98. The molecule has 0 unspecified atom stereocenters. The Hall–Kier alpha value is -2.60. The van der Waals surface area contributed by atoms with Gasteiger partial charge in [0.1, 0.15) is 6.54 Å². The second-order valence-electron chi connectivity index (χ2n) is 5.89. The molecule has 3 amide bonds. The molecule has 0 atom stereocenters. The third-order valence-electron chi connectivity index (χ3n) is 3.99. The number of hydrogen-bond acceptors (Lipinski definition) is 3. The lowest BCUT2D eigenvalue weighted by Crippen LogP contribution is -2.39. The van der Waals surface area contributed by atoms with Gasteiger partial charge in [0, 0.05) is 43.6 Å². The molecule has 7 heteroatoms. The van der Waals surface area contributed by atoms with Crippen LogP contribution in [0.4, 0.5) is 4.79 Å². The SMILES string of the molecule is O=C(CN1CCN(Cc2cccc(Cl)c2)C1=O)NCc1cccnc1. The summed E-state index contributed by atoms with van der Waals surface area (Å²) < 4.78 is 0. The van der Waals surface area contributed by atoms with Crippen LogP contribution in [-0.2, 0) is 17.9 Å². The van der Waals surface area contributed by atoms with E-state index < -0.39 is 0 Å². The molecule has 0 saturated carbocycles. The molecule has 1 saturated heterocycles. The number of benzene rings is 1. The summed E-state index contributed by atoms with van der Waals surface area (Å²) in [5.74, 6) is -0.179. The van der Waals surface area contributed by atoms with Gasteiger partial charge in [-0.1, -0.05) is 29.8 Å². The molecule has 1 aliphatic heterocycles. The molecule has 0 radical (unpaired) electrons. The summed E-state index contributed by atoms with van der Waals surface area (Å²) in [5, 5.41) is 3.46. The lowest BCUT2D eigenvalue weighted by atomic mass is 10.2. The molecule has 2 heterocycles. The van der Waals surface area contributed by atoms with E-state index in [-0.39, 0.29) is 18.5 Å². The number of rotatable bonds is 6. The van der Waals surface area contributed by atoms with E-state index in [0.717, 1.165) is 11.1 Å². The summed E-state index contributed by atoms with van der Waals surface area (Å²) in [6, 6.07) is 11.0. The standard InChI is InChI=1S/C18H19ClN4O2/c19-16-5-1-3-14(9-16)12-22-7-8-23(18(22)25)13-17(24)21-11-15-4-2-6-20-10-15/h1-6,9-10H,7-8,11-13H2,(H,21,24). The number of halogens is 1. The van der Waals surface area contributed by atoms with E-state index in [0.29, 0.717) is 31.2 Å². The molecule has 0 aliphatic carbocycles. The van der Waals surface area contributed by atoms with Crippen molar-refractivity contribution in [2.45, 2.75) is 13.1 Å². The van der Waals surface area contributed by atoms with Crippen LogP contribution in [0.25, 0.3) is 0 Å². The van der Waals surface area contributed by atoms with Crippen molar-refractivity contribution in [3.8, 4) is 0 Å². The highest BCUT2D eigenvalue weighted by Gasteiger charge is 2.29. The van der Waals surface area contributed by atoms with Gasteiger partial charge < -0.3 is 15.1 Å². The third-order valence-corrected chi connectivity index (χ3v) is 4.23. The average molecular weight is 359 g/mol. The van der Waals surface area contributed by atoms with Crippen molar-refractivity contribution in [3.63, 3.8) is 0 Å². The van der Waals surface area contributed by atoms with Crippen molar-refractivity contribution < 1.29 is 9.59 Å². The Morgan fingerprint density at radius 1 is 1.16 bits per heavy atom. The van der Waals surface area contributed by atoms with Gasteiger partial charge in [-0.3, -0.25) is 9.78 Å². The van der Waals surface area contributed by atoms with Crippen molar-refractivity contribution in [2.24, 2.45) is 0 Å². The zero-order valence-electron chi connectivity index (χ0n) is 13.7. The monoisotopic (exact) mass is 358 g/mol. The largest absolute Gasteiger partial charge is 0.350 e. The fraction of sp³-hybridized carbons (Fsp3) is 0.278. The topological polar surface area (TPSA) is 65.5 Å². The van der Waals surface area contributed by atoms with E-state index >= 15 is 0 Å². The Morgan fingerprint density at radius 3 is 2.72 bits per heavy atom. The first-order valence-corrected chi connectivity index (χ1v) is 8.43. The quantitative estimate of drug-likeness (QED) is 0.861. The predicted octanol–water partition coefficient (Wildman–Crippen LogP) is 2.29. The van der Waals surface area contributed by atoms with Crippen molar-refractivity contribution in [2.75, 3.05) is 19.6 Å².